The molecular weight excluding hydrogens is 725 g/mol. The van der Waals surface area contributed by atoms with Gasteiger partial charge < -0.3 is 13.9 Å². The minimum atomic E-state index is -0.515. The van der Waals surface area contributed by atoms with Crippen LogP contribution in [0, 0.1) is 6.92 Å². The molecule has 0 amide bonds. The molecule has 12 nitrogen and oxygen atoms in total. The van der Waals surface area contributed by atoms with Crippen LogP contribution >= 0.6 is 22.7 Å². The third-order valence-corrected chi connectivity index (χ3v) is 10.6. The maximum absolute atomic E-state index is 12.9. The smallest absolute Gasteiger partial charge is 0.336 e. The van der Waals surface area contributed by atoms with E-state index in [4.69, 9.17) is 13.9 Å². The van der Waals surface area contributed by atoms with Gasteiger partial charge in [0.1, 0.15) is 24.6 Å². The van der Waals surface area contributed by atoms with Crippen molar-refractivity contribution in [2.45, 2.75) is 33.2 Å². The first-order chi connectivity index (χ1) is 26.4. The van der Waals surface area contributed by atoms with E-state index in [0.717, 1.165) is 15.3 Å². The summed E-state index contributed by atoms with van der Waals surface area (Å²) in [5, 5.41) is 17.7. The van der Waals surface area contributed by atoms with E-state index in [2.05, 4.69) is 20.6 Å². The molecule has 0 radical (unpaired) electrons. The van der Waals surface area contributed by atoms with Gasteiger partial charge in [0.2, 0.25) is 17.3 Å². The fourth-order valence-electron chi connectivity index (χ4n) is 5.81. The minimum absolute atomic E-state index is 0.0149. The lowest BCUT2D eigenvalue weighted by atomic mass is 10.1. The van der Waals surface area contributed by atoms with Gasteiger partial charge in [0, 0.05) is 32.3 Å². The third-order valence-electron chi connectivity index (χ3n) is 8.43. The molecule has 0 fully saturated rings. The monoisotopic (exact) mass is 754 g/mol. The summed E-state index contributed by atoms with van der Waals surface area (Å²) < 4.78 is 21.4. The van der Waals surface area contributed by atoms with E-state index in [-0.39, 0.29) is 36.1 Å². The lowest BCUT2D eigenvalue weighted by molar-refractivity contribution is 0.103. The summed E-state index contributed by atoms with van der Waals surface area (Å²) in [5.41, 5.74) is 2.85. The summed E-state index contributed by atoms with van der Waals surface area (Å²) in [7, 11) is 0. The van der Waals surface area contributed by atoms with Crippen molar-refractivity contribution in [2.75, 3.05) is 0 Å². The Morgan fingerprint density at radius 2 is 1.22 bits per heavy atom. The topological polar surface area (TPSA) is 144 Å². The third kappa shape index (κ3) is 7.65. The van der Waals surface area contributed by atoms with E-state index in [1.807, 2.05) is 73.7 Å². The number of fused-ring (bicyclic) bond motifs is 1. The van der Waals surface area contributed by atoms with Gasteiger partial charge in [-0.05, 0) is 48.9 Å². The van der Waals surface area contributed by atoms with Crippen molar-refractivity contribution in [3.8, 4) is 11.5 Å². The van der Waals surface area contributed by atoms with E-state index < -0.39 is 5.63 Å². The molecule has 0 N–H and O–H groups in total. The van der Waals surface area contributed by atoms with Gasteiger partial charge in [-0.15, -0.1) is 32.9 Å². The number of benzene rings is 3. The predicted molar refractivity (Wildman–Crippen MR) is 203 cm³/mol. The van der Waals surface area contributed by atoms with Gasteiger partial charge in [0.25, 0.3) is 0 Å². The highest BCUT2D eigenvalue weighted by molar-refractivity contribution is 7.14. The van der Waals surface area contributed by atoms with Crippen molar-refractivity contribution < 1.29 is 23.5 Å². The molecular formula is C40H30N6O6S2. The number of aromatic nitrogens is 6. The Morgan fingerprint density at radius 1 is 0.685 bits per heavy atom. The highest BCUT2D eigenvalue weighted by Crippen LogP contribution is 2.37. The van der Waals surface area contributed by atoms with Crippen LogP contribution in [0.1, 0.15) is 57.2 Å². The molecule has 0 spiro atoms. The summed E-state index contributed by atoms with van der Waals surface area (Å²) in [4.78, 5) is 41.3. The quantitative estimate of drug-likeness (QED) is 0.0831. The summed E-state index contributed by atoms with van der Waals surface area (Å²) in [6.45, 7) is 2.77. The van der Waals surface area contributed by atoms with Crippen LogP contribution in [0.3, 0.4) is 0 Å². The highest BCUT2D eigenvalue weighted by Gasteiger charge is 2.18. The van der Waals surface area contributed by atoms with E-state index in [1.165, 1.54) is 28.7 Å². The van der Waals surface area contributed by atoms with Crippen LogP contribution in [-0.4, -0.2) is 41.6 Å². The van der Waals surface area contributed by atoms with Crippen molar-refractivity contribution >= 4 is 45.2 Å². The van der Waals surface area contributed by atoms with Crippen LogP contribution in [-0.2, 0) is 26.3 Å². The SMILES string of the molecule is Cc1cc(=O)oc2c(OCc3cn(Cc4ccc(C(=O)c5ccccc5)s4)nn3)c(OCc3cn(Cc4ccc(C(=O)c5ccccc5)s4)nn3)ccc12. The number of ether oxygens (including phenoxy) is 2. The number of rotatable bonds is 14. The molecule has 0 aliphatic heterocycles. The normalized spacial score (nSPS) is 11.2. The number of hydrogen-bond donors (Lipinski definition) is 0. The molecule has 0 saturated heterocycles. The Labute approximate surface area is 315 Å². The highest BCUT2D eigenvalue weighted by atomic mass is 32.1. The van der Waals surface area contributed by atoms with Gasteiger partial charge >= 0.3 is 5.63 Å². The fourth-order valence-corrected chi connectivity index (χ4v) is 7.73. The Balaban J connectivity index is 0.940. The molecule has 14 heteroatoms. The summed E-state index contributed by atoms with van der Waals surface area (Å²) in [5.74, 6) is 0.542. The largest absolute Gasteiger partial charge is 0.483 e. The summed E-state index contributed by atoms with van der Waals surface area (Å²) in [6.07, 6.45) is 3.54. The molecule has 0 unspecified atom stereocenters. The van der Waals surface area contributed by atoms with Crippen molar-refractivity contribution in [2.24, 2.45) is 0 Å². The fraction of sp³-hybridized carbons (Fsp3) is 0.125. The Hall–Kier alpha value is -6.51. The lowest BCUT2D eigenvalue weighted by Gasteiger charge is -2.13. The first kappa shape index (κ1) is 34.6. The van der Waals surface area contributed by atoms with Gasteiger partial charge in [-0.25, -0.2) is 14.2 Å². The number of thiophene rings is 2. The first-order valence-corrected chi connectivity index (χ1v) is 18.5. The second-order valence-electron chi connectivity index (χ2n) is 12.3. The molecule has 3 aromatic carbocycles. The van der Waals surface area contributed by atoms with Crippen molar-refractivity contribution in [3.63, 3.8) is 0 Å². The Morgan fingerprint density at radius 3 is 1.78 bits per heavy atom. The summed E-state index contributed by atoms with van der Waals surface area (Å²) in [6, 6.07) is 30.8. The van der Waals surface area contributed by atoms with Crippen LogP contribution in [0.2, 0.25) is 0 Å². The second kappa shape index (κ2) is 15.2. The molecule has 0 bridgehead atoms. The zero-order valence-corrected chi connectivity index (χ0v) is 30.4. The Kier molecular flexibility index (Phi) is 9.75. The molecule has 0 aliphatic carbocycles. The number of carbonyl (C=O) groups is 2. The maximum Gasteiger partial charge on any atom is 0.336 e. The van der Waals surface area contributed by atoms with E-state index in [1.54, 1.807) is 52.1 Å². The van der Waals surface area contributed by atoms with Crippen LogP contribution < -0.4 is 15.1 Å². The van der Waals surface area contributed by atoms with Gasteiger partial charge in [-0.2, -0.15) is 0 Å². The van der Waals surface area contributed by atoms with Crippen molar-refractivity contribution in [1.82, 2.24) is 30.0 Å². The van der Waals surface area contributed by atoms with Crippen molar-refractivity contribution in [1.29, 1.82) is 0 Å². The van der Waals surface area contributed by atoms with E-state index in [9.17, 15) is 14.4 Å². The molecule has 5 heterocycles. The predicted octanol–water partition coefficient (Wildman–Crippen LogP) is 7.12. The average molecular weight is 755 g/mol. The molecule has 5 aromatic heterocycles. The average Bonchev–Trinajstić information content (AvgIpc) is 4.03. The standard InChI is InChI=1S/C40H30N6O6S2/c1-25-18-36(47)52-39-32(25)14-15-33(50-23-28-19-45(43-41-28)21-30-12-16-34(53-30)37(48)26-8-4-2-5-9-26)40(39)51-24-29-20-46(44-42-29)22-31-13-17-35(54-31)38(49)27-10-6-3-7-11-27/h2-20H,21-24H2,1H3. The minimum Gasteiger partial charge on any atom is -0.483 e. The number of ketones is 2. The molecule has 8 aromatic rings. The number of hydrogen-bond acceptors (Lipinski definition) is 12. The van der Waals surface area contributed by atoms with Crippen LogP contribution in [0.25, 0.3) is 11.0 Å². The molecule has 268 valence electrons. The summed E-state index contributed by atoms with van der Waals surface area (Å²) >= 11 is 2.83. The zero-order valence-electron chi connectivity index (χ0n) is 28.7. The lowest BCUT2D eigenvalue weighted by Crippen LogP contribution is -2.04. The number of carbonyl (C=O) groups excluding carboxylic acids is 2. The zero-order chi connectivity index (χ0) is 37.0. The van der Waals surface area contributed by atoms with Crippen LogP contribution in [0.15, 0.2) is 125 Å². The second-order valence-corrected chi connectivity index (χ2v) is 14.7. The van der Waals surface area contributed by atoms with E-state index in [0.29, 0.717) is 56.5 Å². The van der Waals surface area contributed by atoms with Crippen molar-refractivity contribution in [3.05, 3.63) is 174 Å². The Bertz CT molecular complexity index is 2660. The van der Waals surface area contributed by atoms with Gasteiger partial charge in [0.15, 0.2) is 11.3 Å². The molecule has 54 heavy (non-hydrogen) atoms. The molecule has 0 saturated carbocycles. The maximum atomic E-state index is 12.9. The molecule has 8 rings (SSSR count). The van der Waals surface area contributed by atoms with E-state index >= 15 is 0 Å². The number of nitrogens with zero attached hydrogens (tertiary/aromatic N) is 6. The molecule has 0 atom stereocenters. The van der Waals surface area contributed by atoms with Gasteiger partial charge in [-0.3, -0.25) is 9.59 Å². The first-order valence-electron chi connectivity index (χ1n) is 16.8. The van der Waals surface area contributed by atoms with Gasteiger partial charge in [0.05, 0.1) is 35.2 Å². The number of aryl methyl sites for hydroxylation is 1. The van der Waals surface area contributed by atoms with Gasteiger partial charge in [-0.1, -0.05) is 71.1 Å². The van der Waals surface area contributed by atoms with Crippen LogP contribution in [0.4, 0.5) is 0 Å². The van der Waals surface area contributed by atoms with Crippen LogP contribution in [0.5, 0.6) is 11.5 Å². The molecule has 0 aliphatic rings.